The van der Waals surface area contributed by atoms with Crippen LogP contribution < -0.4 is 0 Å². The first-order valence-corrected chi connectivity index (χ1v) is 23.5. The van der Waals surface area contributed by atoms with E-state index in [1.54, 1.807) is 0 Å². The van der Waals surface area contributed by atoms with Gasteiger partial charge >= 0.3 is 17.9 Å². The van der Waals surface area contributed by atoms with Gasteiger partial charge in [-0.05, 0) is 44.9 Å². The SMILES string of the molecule is CC/C=C/C/C=C/C/C=C/CCCCCCCCC(=O)OCC(COCCC(C(=O)O)[N+](C)(C)C)OC(=O)CCCCCCCCCCCCCCCCCCC. The van der Waals surface area contributed by atoms with Gasteiger partial charge in [0, 0.05) is 19.3 Å². The number of carbonyl (C=O) groups is 3. The lowest BCUT2D eigenvalue weighted by Crippen LogP contribution is -2.50. The molecule has 2 unspecified atom stereocenters. The first kappa shape index (κ1) is 54.6. The summed E-state index contributed by atoms with van der Waals surface area (Å²) in [6, 6.07) is -0.615. The minimum Gasteiger partial charge on any atom is -0.477 e. The molecule has 0 fully saturated rings. The number of likely N-dealkylation sites (N-methyl/N-ethyl adjacent to an activating group) is 1. The number of hydrogen-bond donors (Lipinski definition) is 1. The summed E-state index contributed by atoms with van der Waals surface area (Å²) in [5.74, 6) is -1.47. The zero-order chi connectivity index (χ0) is 42.1. The fourth-order valence-electron chi connectivity index (χ4n) is 6.93. The average Bonchev–Trinajstić information content (AvgIpc) is 3.17. The Labute approximate surface area is 351 Å². The summed E-state index contributed by atoms with van der Waals surface area (Å²) in [5, 5.41) is 9.63. The van der Waals surface area contributed by atoms with Gasteiger partial charge in [-0.25, -0.2) is 4.79 Å². The van der Waals surface area contributed by atoms with Crippen molar-refractivity contribution < 1.29 is 38.2 Å². The van der Waals surface area contributed by atoms with Crippen LogP contribution in [-0.4, -0.2) is 80.6 Å². The Balaban J connectivity index is 4.30. The molecule has 332 valence electrons. The molecule has 57 heavy (non-hydrogen) atoms. The summed E-state index contributed by atoms with van der Waals surface area (Å²) in [4.78, 5) is 37.0. The highest BCUT2D eigenvalue weighted by molar-refractivity contribution is 5.72. The molecule has 0 rings (SSSR count). The number of carboxylic acids is 1. The molecule has 1 N–H and O–H groups in total. The van der Waals surface area contributed by atoms with E-state index in [1.807, 2.05) is 21.1 Å². The van der Waals surface area contributed by atoms with Crippen LogP contribution in [0.15, 0.2) is 36.5 Å². The quantitative estimate of drug-likeness (QED) is 0.0284. The van der Waals surface area contributed by atoms with Crippen molar-refractivity contribution in [1.29, 1.82) is 0 Å². The van der Waals surface area contributed by atoms with Crippen LogP contribution in [0.1, 0.15) is 206 Å². The summed E-state index contributed by atoms with van der Waals surface area (Å²) in [7, 11) is 5.53. The van der Waals surface area contributed by atoms with Crippen molar-refractivity contribution in [2.45, 2.75) is 219 Å². The van der Waals surface area contributed by atoms with Gasteiger partial charge in [0.1, 0.15) is 6.61 Å². The molecular weight excluding hydrogens is 715 g/mol. The van der Waals surface area contributed by atoms with E-state index in [0.717, 1.165) is 70.6 Å². The minimum absolute atomic E-state index is 0.0550. The molecule has 2 atom stereocenters. The lowest BCUT2D eigenvalue weighted by Gasteiger charge is -2.31. The van der Waals surface area contributed by atoms with E-state index in [2.05, 4.69) is 50.3 Å². The smallest absolute Gasteiger partial charge is 0.362 e. The summed E-state index contributed by atoms with van der Waals surface area (Å²) in [6.07, 6.45) is 46.1. The third-order valence-electron chi connectivity index (χ3n) is 10.6. The van der Waals surface area contributed by atoms with Crippen LogP contribution in [0.25, 0.3) is 0 Å². The fourth-order valence-corrected chi connectivity index (χ4v) is 6.93. The molecule has 8 heteroatoms. The molecule has 0 aromatic rings. The van der Waals surface area contributed by atoms with Crippen molar-refractivity contribution in [1.82, 2.24) is 0 Å². The second-order valence-electron chi connectivity index (χ2n) is 17.0. The Morgan fingerprint density at radius 1 is 0.544 bits per heavy atom. The number of allylic oxidation sites excluding steroid dienone is 6. The average molecular weight is 805 g/mol. The second-order valence-corrected chi connectivity index (χ2v) is 17.0. The topological polar surface area (TPSA) is 99.1 Å². The fraction of sp³-hybridized carbons (Fsp3) is 0.816. The van der Waals surface area contributed by atoms with E-state index in [9.17, 15) is 19.5 Å². The Morgan fingerprint density at radius 3 is 1.46 bits per heavy atom. The maximum absolute atomic E-state index is 12.8. The number of nitrogens with zero attached hydrogens (tertiary/aromatic N) is 1. The third kappa shape index (κ3) is 38.8. The first-order chi connectivity index (χ1) is 27.6. The van der Waals surface area contributed by atoms with Crippen LogP contribution in [0.5, 0.6) is 0 Å². The van der Waals surface area contributed by atoms with Gasteiger partial charge in [0.05, 0.1) is 34.4 Å². The molecule has 0 aliphatic rings. The largest absolute Gasteiger partial charge is 0.477 e. The van der Waals surface area contributed by atoms with Crippen molar-refractivity contribution >= 4 is 17.9 Å². The molecule has 0 saturated carbocycles. The van der Waals surface area contributed by atoms with Crippen LogP contribution in [0.2, 0.25) is 0 Å². The van der Waals surface area contributed by atoms with Crippen molar-refractivity contribution in [3.8, 4) is 0 Å². The predicted molar refractivity (Wildman–Crippen MR) is 238 cm³/mol. The van der Waals surface area contributed by atoms with E-state index in [4.69, 9.17) is 14.2 Å². The maximum Gasteiger partial charge on any atom is 0.362 e. The summed E-state index contributed by atoms with van der Waals surface area (Å²) in [5.41, 5.74) is 0. The number of rotatable bonds is 42. The van der Waals surface area contributed by atoms with Gasteiger partial charge in [0.2, 0.25) is 0 Å². The van der Waals surface area contributed by atoms with Gasteiger partial charge in [-0.15, -0.1) is 0 Å². The summed E-state index contributed by atoms with van der Waals surface area (Å²) in [6.45, 7) is 4.63. The normalized spacial score (nSPS) is 13.2. The van der Waals surface area contributed by atoms with Crippen LogP contribution in [0.4, 0.5) is 0 Å². The maximum atomic E-state index is 12.8. The number of hydrogen-bond acceptors (Lipinski definition) is 6. The molecule has 0 bridgehead atoms. The van der Waals surface area contributed by atoms with E-state index >= 15 is 0 Å². The number of aliphatic carboxylic acids is 1. The Hall–Kier alpha value is -2.45. The Kier molecular flexibility index (Phi) is 38.6. The lowest BCUT2D eigenvalue weighted by atomic mass is 10.0. The standard InChI is InChI=1S/C49H89NO7/c1-6-8-10-12-14-16-18-20-22-24-26-28-30-32-34-36-38-40-48(52)57-45(43-55-42-41-46(49(53)54)50(3,4)5)44-56-47(51)39-37-35-33-31-29-27-25-23-21-19-17-15-13-11-9-7-2/h9,11,15,17,21,23,45-46H,6-8,10,12-14,16,18-20,22,24-44H2,1-5H3/p+1/b11-9+,17-15+,23-21+. The monoisotopic (exact) mass is 805 g/mol. The van der Waals surface area contributed by atoms with Gasteiger partial charge in [0.25, 0.3) is 0 Å². The molecule has 0 saturated heterocycles. The van der Waals surface area contributed by atoms with Gasteiger partial charge in [-0.1, -0.05) is 179 Å². The number of carboxylic acid groups (broad SMARTS) is 1. The van der Waals surface area contributed by atoms with Gasteiger partial charge in [-0.3, -0.25) is 9.59 Å². The molecule has 0 spiro atoms. The zero-order valence-electron chi connectivity index (χ0n) is 37.8. The summed E-state index contributed by atoms with van der Waals surface area (Å²) >= 11 is 0. The van der Waals surface area contributed by atoms with E-state index in [1.165, 1.54) is 103 Å². The third-order valence-corrected chi connectivity index (χ3v) is 10.6. The molecule has 0 aromatic carbocycles. The molecule has 0 heterocycles. The van der Waals surface area contributed by atoms with Crippen LogP contribution in [-0.2, 0) is 28.6 Å². The van der Waals surface area contributed by atoms with Crippen molar-refractivity contribution in [3.63, 3.8) is 0 Å². The van der Waals surface area contributed by atoms with Gasteiger partial charge in [0.15, 0.2) is 12.1 Å². The zero-order valence-corrected chi connectivity index (χ0v) is 37.8. The van der Waals surface area contributed by atoms with Crippen molar-refractivity contribution in [2.24, 2.45) is 0 Å². The highest BCUT2D eigenvalue weighted by Gasteiger charge is 2.31. The Morgan fingerprint density at radius 2 is 0.982 bits per heavy atom. The first-order valence-electron chi connectivity index (χ1n) is 23.5. The number of carbonyl (C=O) groups excluding carboxylic acids is 2. The van der Waals surface area contributed by atoms with Crippen molar-refractivity contribution in [3.05, 3.63) is 36.5 Å². The van der Waals surface area contributed by atoms with E-state index in [0.29, 0.717) is 19.3 Å². The predicted octanol–water partition coefficient (Wildman–Crippen LogP) is 13.0. The van der Waals surface area contributed by atoms with Gasteiger partial charge < -0.3 is 23.8 Å². The molecule has 0 radical (unpaired) electrons. The number of quaternary nitrogens is 1. The molecule has 8 nitrogen and oxygen atoms in total. The summed E-state index contributed by atoms with van der Waals surface area (Å²) < 4.78 is 17.3. The minimum atomic E-state index is -0.875. The molecule has 0 aromatic heterocycles. The molecule has 0 amide bonds. The number of unbranched alkanes of at least 4 members (excludes halogenated alkanes) is 22. The van der Waals surface area contributed by atoms with Crippen molar-refractivity contribution in [2.75, 3.05) is 41.0 Å². The van der Waals surface area contributed by atoms with E-state index < -0.39 is 18.1 Å². The van der Waals surface area contributed by atoms with Crippen LogP contribution in [0.3, 0.4) is 0 Å². The van der Waals surface area contributed by atoms with Crippen LogP contribution in [0, 0.1) is 0 Å². The second kappa shape index (κ2) is 40.3. The molecule has 0 aliphatic carbocycles. The highest BCUT2D eigenvalue weighted by Crippen LogP contribution is 2.16. The highest BCUT2D eigenvalue weighted by atomic mass is 16.6. The molecular formula is C49H90NO7+. The number of esters is 2. The molecule has 0 aliphatic heterocycles. The van der Waals surface area contributed by atoms with Crippen LogP contribution >= 0.6 is 0 Å². The van der Waals surface area contributed by atoms with Gasteiger partial charge in [-0.2, -0.15) is 0 Å². The Bertz CT molecular complexity index is 1030. The lowest BCUT2D eigenvalue weighted by molar-refractivity contribution is -0.887. The van der Waals surface area contributed by atoms with E-state index in [-0.39, 0.29) is 36.2 Å². The number of ether oxygens (including phenoxy) is 3.